The number of carboxylic acid groups (broad SMARTS) is 1. The first kappa shape index (κ1) is 28.9. The van der Waals surface area contributed by atoms with E-state index in [-0.39, 0.29) is 6.42 Å². The number of carboxylic acids is 1. The maximum Gasteiger partial charge on any atom is 0.374 e. The van der Waals surface area contributed by atoms with Gasteiger partial charge in [-0.25, -0.2) is 0 Å². The molecule has 0 amide bonds. The minimum atomic E-state index is -0.857. The lowest BCUT2D eigenvalue weighted by molar-refractivity contribution is -0.676. The summed E-state index contributed by atoms with van der Waals surface area (Å²) >= 11 is 0. The van der Waals surface area contributed by atoms with E-state index in [2.05, 4.69) is 47.9 Å². The number of carbonyl (C=O) groups is 2. The molecule has 1 aliphatic rings. The number of fused-ring (bicyclic) bond motifs is 6. The van der Waals surface area contributed by atoms with Gasteiger partial charge in [-0.2, -0.15) is 4.57 Å². The summed E-state index contributed by atoms with van der Waals surface area (Å²) in [4.78, 5) is 26.9. The third-order valence-electron chi connectivity index (χ3n) is 7.79. The lowest BCUT2D eigenvalue weighted by Crippen LogP contribution is -2.36. The molecule has 1 N–H and O–H groups in total. The van der Waals surface area contributed by atoms with Gasteiger partial charge < -0.3 is 24.1 Å². The van der Waals surface area contributed by atoms with Crippen molar-refractivity contribution in [2.45, 2.75) is 45.7 Å². The molecule has 0 spiro atoms. The second-order valence-electron chi connectivity index (χ2n) is 10.6. The molecule has 1 unspecified atom stereocenters. The van der Waals surface area contributed by atoms with Gasteiger partial charge in [-0.1, -0.05) is 74.0 Å². The molecule has 4 aromatic rings. The Bertz CT molecular complexity index is 1670. The highest BCUT2D eigenvalue weighted by Gasteiger charge is 2.30. The molecule has 1 aromatic heterocycles. The van der Waals surface area contributed by atoms with Crippen molar-refractivity contribution in [1.29, 1.82) is 0 Å². The van der Waals surface area contributed by atoms with Crippen molar-refractivity contribution in [3.05, 3.63) is 84.5 Å². The Kier molecular flexibility index (Phi) is 9.21. The van der Waals surface area contributed by atoms with E-state index in [1.807, 2.05) is 59.2 Å². The van der Waals surface area contributed by atoms with Crippen LogP contribution in [0.5, 0.6) is 0 Å². The number of nitrogens with zero attached hydrogens (tertiary/aromatic N) is 3. The van der Waals surface area contributed by atoms with Gasteiger partial charge in [0.05, 0.1) is 18.0 Å². The number of hydrogen-bond acceptors (Lipinski definition) is 6. The molecule has 0 bridgehead atoms. The Hall–Kier alpha value is -4.59. The van der Waals surface area contributed by atoms with E-state index >= 15 is 0 Å². The van der Waals surface area contributed by atoms with E-state index < -0.39 is 5.97 Å². The number of aryl methyl sites for hydroxylation is 1. The SMILES string of the molecule is CCCCN1CC(C)N(CCOC=O)C1=CC=CC=Cc1oc2c3ccccc3c3ccccc3c2[n+]1CCC(=O)O. The van der Waals surface area contributed by atoms with Crippen LogP contribution in [0.2, 0.25) is 0 Å². The minimum absolute atomic E-state index is 0.0152. The zero-order chi connectivity index (χ0) is 29.5. The van der Waals surface area contributed by atoms with Gasteiger partial charge in [-0.3, -0.25) is 9.59 Å². The maximum absolute atomic E-state index is 11.6. The maximum atomic E-state index is 11.6. The Balaban J connectivity index is 1.50. The van der Waals surface area contributed by atoms with Crippen molar-refractivity contribution in [3.63, 3.8) is 0 Å². The molecule has 1 aliphatic heterocycles. The van der Waals surface area contributed by atoms with Crippen molar-refractivity contribution in [3.8, 4) is 0 Å². The quantitative estimate of drug-likeness (QED) is 0.0707. The van der Waals surface area contributed by atoms with Crippen LogP contribution in [0.25, 0.3) is 38.7 Å². The van der Waals surface area contributed by atoms with Crippen LogP contribution in [-0.4, -0.2) is 59.6 Å². The molecule has 1 fully saturated rings. The second kappa shape index (κ2) is 13.4. The molecule has 0 aliphatic carbocycles. The van der Waals surface area contributed by atoms with Crippen molar-refractivity contribution in [2.24, 2.45) is 0 Å². The summed E-state index contributed by atoms with van der Waals surface area (Å²) < 4.78 is 13.4. The molecular weight excluding hydrogens is 530 g/mol. The fraction of sp³-hybridized carbons (Fsp3) is 0.324. The predicted octanol–water partition coefficient (Wildman–Crippen LogP) is 5.89. The fourth-order valence-corrected chi connectivity index (χ4v) is 5.84. The van der Waals surface area contributed by atoms with E-state index in [9.17, 15) is 14.7 Å². The molecule has 42 heavy (non-hydrogen) atoms. The normalized spacial score (nSPS) is 16.7. The molecule has 3 aromatic carbocycles. The van der Waals surface area contributed by atoms with E-state index in [4.69, 9.17) is 9.15 Å². The molecule has 5 rings (SSSR count). The first-order valence-electron chi connectivity index (χ1n) is 14.6. The van der Waals surface area contributed by atoms with Gasteiger partial charge in [-0.15, -0.1) is 0 Å². The van der Waals surface area contributed by atoms with E-state index in [1.165, 1.54) is 0 Å². The topological polar surface area (TPSA) is 87.1 Å². The number of oxazole rings is 1. The van der Waals surface area contributed by atoms with Gasteiger partial charge in [-0.05, 0) is 36.3 Å². The van der Waals surface area contributed by atoms with Crippen molar-refractivity contribution < 1.29 is 28.4 Å². The number of allylic oxidation sites excluding steroid dienone is 4. The van der Waals surface area contributed by atoms with Crippen LogP contribution < -0.4 is 4.57 Å². The predicted molar refractivity (Wildman–Crippen MR) is 165 cm³/mol. The van der Waals surface area contributed by atoms with Gasteiger partial charge in [0.15, 0.2) is 6.54 Å². The number of rotatable bonds is 13. The van der Waals surface area contributed by atoms with Crippen LogP contribution in [0.15, 0.2) is 83.1 Å². The molecular formula is C34H38N3O5+. The lowest BCUT2D eigenvalue weighted by Gasteiger charge is -2.25. The highest BCUT2D eigenvalue weighted by atomic mass is 16.5. The number of hydrogen-bond donors (Lipinski definition) is 1. The van der Waals surface area contributed by atoms with Gasteiger partial charge >= 0.3 is 11.9 Å². The molecule has 8 heteroatoms. The largest absolute Gasteiger partial charge is 0.481 e. The molecule has 1 atom stereocenters. The van der Waals surface area contributed by atoms with Crippen LogP contribution in [-0.2, 0) is 20.9 Å². The second-order valence-corrected chi connectivity index (χ2v) is 10.6. The summed E-state index contributed by atoms with van der Waals surface area (Å²) in [6.07, 6.45) is 12.1. The minimum Gasteiger partial charge on any atom is -0.481 e. The molecule has 8 nitrogen and oxygen atoms in total. The number of carbonyl (C=O) groups excluding carboxylic acids is 1. The summed E-state index contributed by atoms with van der Waals surface area (Å²) in [6.45, 7) is 8.07. The monoisotopic (exact) mass is 568 g/mol. The Labute approximate surface area is 245 Å². The Morgan fingerprint density at radius 3 is 2.48 bits per heavy atom. The first-order valence-corrected chi connectivity index (χ1v) is 14.6. The van der Waals surface area contributed by atoms with Crippen LogP contribution in [0, 0.1) is 0 Å². The summed E-state index contributed by atoms with van der Waals surface area (Å²) in [6, 6.07) is 16.7. The van der Waals surface area contributed by atoms with Crippen LogP contribution in [0.1, 0.15) is 39.0 Å². The standard InChI is InChI=1S/C34H37N3O5/c1-3-4-19-35-23-25(2)36(21-22-41-24-38)30(35)16-6-5-7-17-31-37(20-18-32(39)40)33-28-14-10-8-12-26(28)27-13-9-11-15-29(27)34(33)42-31/h5-17,24-25H,3-4,18-23H2,1-2H3/p+1. The number of ether oxygens (including phenoxy) is 1. The fourth-order valence-electron chi connectivity index (χ4n) is 5.84. The molecule has 1 saturated heterocycles. The van der Waals surface area contributed by atoms with Crippen molar-refractivity contribution >= 4 is 51.2 Å². The first-order chi connectivity index (χ1) is 20.5. The van der Waals surface area contributed by atoms with Crippen LogP contribution >= 0.6 is 0 Å². The Morgan fingerprint density at radius 2 is 1.76 bits per heavy atom. The van der Waals surface area contributed by atoms with Crippen LogP contribution in [0.4, 0.5) is 0 Å². The molecule has 218 valence electrons. The smallest absolute Gasteiger partial charge is 0.374 e. The average Bonchev–Trinajstić information content (AvgIpc) is 3.51. The molecule has 2 heterocycles. The van der Waals surface area contributed by atoms with Gasteiger partial charge in [0.25, 0.3) is 12.0 Å². The highest BCUT2D eigenvalue weighted by Crippen LogP contribution is 2.34. The summed E-state index contributed by atoms with van der Waals surface area (Å²) in [5.41, 5.74) is 1.65. The number of unbranched alkanes of at least 4 members (excludes halogenated alkanes) is 1. The third kappa shape index (κ3) is 6.03. The average molecular weight is 569 g/mol. The van der Waals surface area contributed by atoms with Gasteiger partial charge in [0.2, 0.25) is 5.58 Å². The van der Waals surface area contributed by atoms with E-state index in [0.29, 0.717) is 38.1 Å². The summed E-state index contributed by atoms with van der Waals surface area (Å²) in [5, 5.41) is 13.7. The van der Waals surface area contributed by atoms with Crippen molar-refractivity contribution in [2.75, 3.05) is 26.2 Å². The lowest BCUT2D eigenvalue weighted by atomic mass is 10.0. The third-order valence-corrected chi connectivity index (χ3v) is 7.79. The van der Waals surface area contributed by atoms with Crippen LogP contribution in [0.3, 0.4) is 0 Å². The number of aliphatic carboxylic acids is 1. The van der Waals surface area contributed by atoms with E-state index in [1.54, 1.807) is 0 Å². The Morgan fingerprint density at radius 1 is 1.05 bits per heavy atom. The molecule has 0 radical (unpaired) electrons. The van der Waals surface area contributed by atoms with Crippen molar-refractivity contribution in [1.82, 2.24) is 9.80 Å². The number of benzene rings is 3. The summed E-state index contributed by atoms with van der Waals surface area (Å²) in [7, 11) is 0. The molecule has 0 saturated carbocycles. The number of aromatic nitrogens is 1. The zero-order valence-electron chi connectivity index (χ0n) is 24.2. The van der Waals surface area contributed by atoms with Gasteiger partial charge in [0, 0.05) is 24.5 Å². The highest BCUT2D eigenvalue weighted by molar-refractivity contribution is 6.21. The van der Waals surface area contributed by atoms with E-state index in [0.717, 1.165) is 64.4 Å². The van der Waals surface area contributed by atoms with Gasteiger partial charge in [0.1, 0.15) is 18.8 Å². The summed E-state index contributed by atoms with van der Waals surface area (Å²) in [5.74, 6) is 0.856. The zero-order valence-corrected chi connectivity index (χ0v) is 24.2.